The first-order valence-corrected chi connectivity index (χ1v) is 9.14. The van der Waals surface area contributed by atoms with E-state index in [-0.39, 0.29) is 5.57 Å². The van der Waals surface area contributed by atoms with Crippen LogP contribution in [0.5, 0.6) is 0 Å². The Balaban J connectivity index is 1.65. The van der Waals surface area contributed by atoms with Gasteiger partial charge in [0.1, 0.15) is 5.52 Å². The standard InChI is InChI=1S/C22H20N2O5/c1-12-7-5-6-8-15(12)19-24-17-10-14(9-13(2)18(17)27-19)23-11-16-20(25)28-22(3,4)29-21(16)26/h5-11,23H,1-4H3. The van der Waals surface area contributed by atoms with Gasteiger partial charge in [-0.05, 0) is 43.2 Å². The Morgan fingerprint density at radius 2 is 1.69 bits per heavy atom. The molecule has 4 rings (SSSR count). The number of hydrogen-bond donors (Lipinski definition) is 1. The number of carbonyl (C=O) groups is 2. The molecule has 1 aliphatic rings. The van der Waals surface area contributed by atoms with Crippen LogP contribution in [0.25, 0.3) is 22.6 Å². The third-order valence-corrected chi connectivity index (χ3v) is 4.55. The fraction of sp³-hybridized carbons (Fsp3) is 0.227. The Bertz CT molecular complexity index is 1150. The number of fused-ring (bicyclic) bond motifs is 1. The number of aromatic nitrogens is 1. The minimum atomic E-state index is -1.27. The van der Waals surface area contributed by atoms with Crippen molar-refractivity contribution in [2.45, 2.75) is 33.5 Å². The third-order valence-electron chi connectivity index (χ3n) is 4.55. The molecule has 0 unspecified atom stereocenters. The van der Waals surface area contributed by atoms with Crippen molar-refractivity contribution >= 4 is 28.7 Å². The van der Waals surface area contributed by atoms with E-state index in [0.717, 1.165) is 16.7 Å². The van der Waals surface area contributed by atoms with Gasteiger partial charge in [-0.1, -0.05) is 18.2 Å². The molecule has 1 aliphatic heterocycles. The maximum absolute atomic E-state index is 12.1. The number of carbonyl (C=O) groups excluding carboxylic acids is 2. The van der Waals surface area contributed by atoms with Crippen LogP contribution in [0.2, 0.25) is 0 Å². The number of rotatable bonds is 3. The number of aryl methyl sites for hydroxylation is 2. The van der Waals surface area contributed by atoms with Crippen molar-refractivity contribution in [2.75, 3.05) is 5.32 Å². The second-order valence-corrected chi connectivity index (χ2v) is 7.36. The van der Waals surface area contributed by atoms with Crippen LogP contribution in [0.4, 0.5) is 5.69 Å². The van der Waals surface area contributed by atoms with Crippen molar-refractivity contribution in [1.82, 2.24) is 4.98 Å². The average Bonchev–Trinajstić information content (AvgIpc) is 3.05. The van der Waals surface area contributed by atoms with Crippen LogP contribution in [0.15, 0.2) is 52.6 Å². The molecule has 7 heteroatoms. The number of hydrogen-bond acceptors (Lipinski definition) is 7. The van der Waals surface area contributed by atoms with Crippen molar-refractivity contribution < 1.29 is 23.5 Å². The Kier molecular flexibility index (Phi) is 4.38. The zero-order valence-corrected chi connectivity index (χ0v) is 16.5. The van der Waals surface area contributed by atoms with Gasteiger partial charge in [0.15, 0.2) is 11.2 Å². The van der Waals surface area contributed by atoms with Crippen LogP contribution in [-0.4, -0.2) is 22.7 Å². The third kappa shape index (κ3) is 3.59. The van der Waals surface area contributed by atoms with E-state index >= 15 is 0 Å². The number of ether oxygens (including phenoxy) is 2. The van der Waals surface area contributed by atoms with Crippen LogP contribution in [0.1, 0.15) is 25.0 Å². The number of cyclic esters (lactones) is 2. The molecule has 29 heavy (non-hydrogen) atoms. The van der Waals surface area contributed by atoms with E-state index in [1.165, 1.54) is 20.0 Å². The Hall–Kier alpha value is -3.61. The van der Waals surface area contributed by atoms with Gasteiger partial charge < -0.3 is 19.2 Å². The highest BCUT2D eigenvalue weighted by Crippen LogP contribution is 2.30. The molecule has 2 heterocycles. The summed E-state index contributed by atoms with van der Waals surface area (Å²) in [5.41, 5.74) is 4.65. The molecular formula is C22H20N2O5. The van der Waals surface area contributed by atoms with Gasteiger partial charge in [0, 0.05) is 31.3 Å². The molecule has 0 bridgehead atoms. The molecule has 0 atom stereocenters. The largest absolute Gasteiger partial charge is 0.436 e. The molecule has 2 aromatic carbocycles. The molecule has 1 N–H and O–H groups in total. The van der Waals surface area contributed by atoms with Crippen molar-refractivity contribution in [2.24, 2.45) is 0 Å². The van der Waals surface area contributed by atoms with Gasteiger partial charge in [-0.25, -0.2) is 14.6 Å². The summed E-state index contributed by atoms with van der Waals surface area (Å²) in [6.45, 7) is 6.90. The number of benzene rings is 2. The molecule has 3 aromatic rings. The van der Waals surface area contributed by atoms with E-state index < -0.39 is 17.7 Å². The first-order chi connectivity index (χ1) is 13.7. The lowest BCUT2D eigenvalue weighted by atomic mass is 10.1. The summed E-state index contributed by atoms with van der Waals surface area (Å²) in [6.07, 6.45) is 1.28. The molecule has 148 valence electrons. The fourth-order valence-electron chi connectivity index (χ4n) is 3.15. The van der Waals surface area contributed by atoms with Crippen LogP contribution >= 0.6 is 0 Å². The quantitative estimate of drug-likeness (QED) is 0.405. The second kappa shape index (κ2) is 6.77. The molecule has 7 nitrogen and oxygen atoms in total. The molecule has 0 amide bonds. The van der Waals surface area contributed by atoms with E-state index in [0.29, 0.717) is 22.7 Å². The van der Waals surface area contributed by atoms with Crippen LogP contribution in [0.3, 0.4) is 0 Å². The summed E-state index contributed by atoms with van der Waals surface area (Å²) in [5, 5.41) is 2.95. The van der Waals surface area contributed by atoms with Gasteiger partial charge in [-0.2, -0.15) is 0 Å². The van der Waals surface area contributed by atoms with E-state index in [2.05, 4.69) is 10.3 Å². The van der Waals surface area contributed by atoms with Crippen LogP contribution in [-0.2, 0) is 19.1 Å². The van der Waals surface area contributed by atoms with E-state index in [9.17, 15) is 9.59 Å². The van der Waals surface area contributed by atoms with Crippen molar-refractivity contribution in [1.29, 1.82) is 0 Å². The van der Waals surface area contributed by atoms with Gasteiger partial charge in [0.05, 0.1) is 0 Å². The molecule has 0 radical (unpaired) electrons. The lowest BCUT2D eigenvalue weighted by Crippen LogP contribution is -2.42. The molecule has 0 saturated carbocycles. The predicted molar refractivity (Wildman–Crippen MR) is 107 cm³/mol. The Morgan fingerprint density at radius 3 is 2.38 bits per heavy atom. The summed E-state index contributed by atoms with van der Waals surface area (Å²) in [5.74, 6) is -2.20. The maximum atomic E-state index is 12.1. The SMILES string of the molecule is Cc1ccccc1-c1nc2cc(NC=C3C(=O)OC(C)(C)OC3=O)cc(C)c2o1. The summed E-state index contributed by atoms with van der Waals surface area (Å²) in [7, 11) is 0. The molecule has 1 aromatic heterocycles. The van der Waals surface area contributed by atoms with Crippen molar-refractivity contribution in [3.05, 3.63) is 59.3 Å². The van der Waals surface area contributed by atoms with Crippen LogP contribution < -0.4 is 5.32 Å². The highest BCUT2D eigenvalue weighted by Gasteiger charge is 2.38. The summed E-state index contributed by atoms with van der Waals surface area (Å²) in [6, 6.07) is 11.5. The Morgan fingerprint density at radius 1 is 1.00 bits per heavy atom. The zero-order chi connectivity index (χ0) is 20.8. The minimum absolute atomic E-state index is 0.206. The number of esters is 2. The Labute approximate surface area is 167 Å². The average molecular weight is 392 g/mol. The lowest BCUT2D eigenvalue weighted by molar-refractivity contribution is -0.222. The van der Waals surface area contributed by atoms with E-state index in [1.807, 2.05) is 44.2 Å². The monoisotopic (exact) mass is 392 g/mol. The summed E-state index contributed by atoms with van der Waals surface area (Å²) < 4.78 is 16.1. The van der Waals surface area contributed by atoms with Gasteiger partial charge in [0.25, 0.3) is 5.79 Å². The number of nitrogens with one attached hydrogen (secondary N) is 1. The first-order valence-electron chi connectivity index (χ1n) is 9.14. The molecule has 0 spiro atoms. The van der Waals surface area contributed by atoms with Crippen molar-refractivity contribution in [3.63, 3.8) is 0 Å². The number of anilines is 1. The van der Waals surface area contributed by atoms with E-state index in [4.69, 9.17) is 13.9 Å². The fourth-order valence-corrected chi connectivity index (χ4v) is 3.15. The smallest absolute Gasteiger partial charge is 0.350 e. The van der Waals surface area contributed by atoms with Gasteiger partial charge >= 0.3 is 11.9 Å². The van der Waals surface area contributed by atoms with E-state index in [1.54, 1.807) is 6.07 Å². The van der Waals surface area contributed by atoms with Gasteiger partial charge in [0.2, 0.25) is 5.89 Å². The topological polar surface area (TPSA) is 90.7 Å². The number of nitrogens with zero attached hydrogens (tertiary/aromatic N) is 1. The molecular weight excluding hydrogens is 372 g/mol. The van der Waals surface area contributed by atoms with Crippen molar-refractivity contribution in [3.8, 4) is 11.5 Å². The highest BCUT2D eigenvalue weighted by atomic mass is 16.7. The molecule has 0 aliphatic carbocycles. The summed E-state index contributed by atoms with van der Waals surface area (Å²) >= 11 is 0. The molecule has 1 fully saturated rings. The molecule has 1 saturated heterocycles. The summed E-state index contributed by atoms with van der Waals surface area (Å²) in [4.78, 5) is 28.7. The second-order valence-electron chi connectivity index (χ2n) is 7.36. The normalized spacial score (nSPS) is 15.8. The zero-order valence-electron chi connectivity index (χ0n) is 16.5. The van der Waals surface area contributed by atoms with Gasteiger partial charge in [-0.3, -0.25) is 0 Å². The predicted octanol–water partition coefficient (Wildman–Crippen LogP) is 4.24. The highest BCUT2D eigenvalue weighted by molar-refractivity contribution is 6.15. The number of oxazole rings is 1. The minimum Gasteiger partial charge on any atom is -0.436 e. The van der Waals surface area contributed by atoms with Gasteiger partial charge in [-0.15, -0.1) is 0 Å². The van der Waals surface area contributed by atoms with Crippen LogP contribution in [0, 0.1) is 13.8 Å². The first kappa shape index (κ1) is 18.7. The lowest BCUT2D eigenvalue weighted by Gasteiger charge is -2.29. The maximum Gasteiger partial charge on any atom is 0.350 e.